The molecule has 19 heavy (non-hydrogen) atoms. The summed E-state index contributed by atoms with van der Waals surface area (Å²) in [7, 11) is 0. The Bertz CT molecular complexity index is 649. The van der Waals surface area contributed by atoms with Crippen molar-refractivity contribution >= 4 is 27.2 Å². The fourth-order valence-corrected chi connectivity index (χ4v) is 3.63. The predicted octanol–water partition coefficient (Wildman–Crippen LogP) is 3.21. The number of aromatic nitrogens is 1. The molecule has 0 N–H and O–H groups in total. The van der Waals surface area contributed by atoms with Crippen molar-refractivity contribution in [2.45, 2.75) is 38.6 Å². The standard InChI is InChI=1S/C15H17NO2S/c17-13(11-4-2-1-3-5-11)10-16-8-6-14-12(15(16)18)7-9-19-14/h6-9,11H,1-5,10H2. The largest absolute Gasteiger partial charge is 0.307 e. The molecular formula is C15H17NO2S. The van der Waals surface area contributed by atoms with E-state index in [0.29, 0.717) is 0 Å². The molecular weight excluding hydrogens is 258 g/mol. The number of rotatable bonds is 3. The molecule has 1 aliphatic rings. The van der Waals surface area contributed by atoms with E-state index in [2.05, 4.69) is 0 Å². The Balaban J connectivity index is 1.82. The van der Waals surface area contributed by atoms with Crippen LogP contribution in [0.15, 0.2) is 28.5 Å². The van der Waals surface area contributed by atoms with Crippen molar-refractivity contribution in [3.05, 3.63) is 34.1 Å². The van der Waals surface area contributed by atoms with Crippen LogP contribution in [0.4, 0.5) is 0 Å². The summed E-state index contributed by atoms with van der Waals surface area (Å²) < 4.78 is 2.55. The average Bonchev–Trinajstić information content (AvgIpc) is 2.92. The Hall–Kier alpha value is -1.42. The summed E-state index contributed by atoms with van der Waals surface area (Å²) in [6.07, 6.45) is 7.28. The van der Waals surface area contributed by atoms with E-state index in [4.69, 9.17) is 0 Å². The molecule has 0 saturated heterocycles. The fourth-order valence-electron chi connectivity index (χ4n) is 2.85. The highest BCUT2D eigenvalue weighted by molar-refractivity contribution is 7.17. The minimum absolute atomic E-state index is 0.0390. The van der Waals surface area contributed by atoms with Crippen LogP contribution in [0.2, 0.25) is 0 Å². The lowest BCUT2D eigenvalue weighted by molar-refractivity contribution is -0.124. The first-order valence-electron chi connectivity index (χ1n) is 6.85. The maximum absolute atomic E-state index is 12.2. The van der Waals surface area contributed by atoms with E-state index in [0.717, 1.165) is 35.8 Å². The normalized spacial score (nSPS) is 16.8. The van der Waals surface area contributed by atoms with Gasteiger partial charge in [0.1, 0.15) is 0 Å². The number of ketones is 1. The summed E-state index contributed by atoms with van der Waals surface area (Å²) in [6, 6.07) is 3.76. The zero-order valence-electron chi connectivity index (χ0n) is 10.8. The van der Waals surface area contributed by atoms with Crippen LogP contribution in [0.1, 0.15) is 32.1 Å². The molecule has 3 rings (SSSR count). The molecule has 0 spiro atoms. The van der Waals surface area contributed by atoms with Crippen LogP contribution in [0.3, 0.4) is 0 Å². The highest BCUT2D eigenvalue weighted by Crippen LogP contribution is 2.24. The number of pyridine rings is 1. The van der Waals surface area contributed by atoms with Crippen molar-refractivity contribution in [2.75, 3.05) is 0 Å². The molecule has 1 saturated carbocycles. The minimum Gasteiger partial charge on any atom is -0.307 e. The van der Waals surface area contributed by atoms with Gasteiger partial charge in [0.15, 0.2) is 5.78 Å². The zero-order valence-corrected chi connectivity index (χ0v) is 11.6. The van der Waals surface area contributed by atoms with Gasteiger partial charge in [0, 0.05) is 16.8 Å². The second-order valence-electron chi connectivity index (χ2n) is 5.25. The molecule has 100 valence electrons. The number of hydrogen-bond donors (Lipinski definition) is 0. The molecule has 0 unspecified atom stereocenters. The first-order chi connectivity index (χ1) is 9.25. The summed E-state index contributed by atoms with van der Waals surface area (Å²) in [6.45, 7) is 0.231. The van der Waals surface area contributed by atoms with Crippen LogP contribution in [0.25, 0.3) is 10.1 Å². The van der Waals surface area contributed by atoms with Crippen LogP contribution in [-0.2, 0) is 11.3 Å². The van der Waals surface area contributed by atoms with Gasteiger partial charge in [-0.25, -0.2) is 0 Å². The Labute approximate surface area is 115 Å². The number of fused-ring (bicyclic) bond motifs is 1. The molecule has 2 heterocycles. The molecule has 0 amide bonds. The van der Waals surface area contributed by atoms with Crippen LogP contribution in [0, 0.1) is 5.92 Å². The maximum Gasteiger partial charge on any atom is 0.259 e. The lowest BCUT2D eigenvalue weighted by atomic mass is 9.86. The molecule has 3 nitrogen and oxygen atoms in total. The molecule has 0 aliphatic heterocycles. The summed E-state index contributed by atoms with van der Waals surface area (Å²) in [5.41, 5.74) is -0.0390. The van der Waals surface area contributed by atoms with Crippen molar-refractivity contribution in [1.82, 2.24) is 4.57 Å². The van der Waals surface area contributed by atoms with Crippen molar-refractivity contribution < 1.29 is 4.79 Å². The Morgan fingerprint density at radius 1 is 1.26 bits per heavy atom. The zero-order chi connectivity index (χ0) is 13.2. The topological polar surface area (TPSA) is 39.1 Å². The number of nitrogens with zero attached hydrogens (tertiary/aromatic N) is 1. The first-order valence-corrected chi connectivity index (χ1v) is 7.73. The third kappa shape index (κ3) is 2.50. The van der Waals surface area contributed by atoms with Gasteiger partial charge in [-0.05, 0) is 30.4 Å². The van der Waals surface area contributed by atoms with Gasteiger partial charge >= 0.3 is 0 Å². The second-order valence-corrected chi connectivity index (χ2v) is 6.20. The van der Waals surface area contributed by atoms with E-state index >= 15 is 0 Å². The van der Waals surface area contributed by atoms with E-state index in [-0.39, 0.29) is 23.8 Å². The monoisotopic (exact) mass is 275 g/mol. The van der Waals surface area contributed by atoms with Crippen molar-refractivity contribution in [1.29, 1.82) is 0 Å². The van der Waals surface area contributed by atoms with Crippen LogP contribution in [0.5, 0.6) is 0 Å². The van der Waals surface area contributed by atoms with Crippen LogP contribution >= 0.6 is 11.3 Å². The average molecular weight is 275 g/mol. The van der Waals surface area contributed by atoms with Crippen molar-refractivity contribution in [3.63, 3.8) is 0 Å². The SMILES string of the molecule is O=C(Cn1ccc2sccc2c1=O)C1CCCCC1. The molecule has 0 aromatic carbocycles. The van der Waals surface area contributed by atoms with Gasteiger partial charge in [0.05, 0.1) is 11.9 Å². The van der Waals surface area contributed by atoms with E-state index < -0.39 is 0 Å². The number of thiophene rings is 1. The van der Waals surface area contributed by atoms with Gasteiger partial charge in [0.25, 0.3) is 5.56 Å². The summed E-state index contributed by atoms with van der Waals surface area (Å²) in [5.74, 6) is 0.384. The quantitative estimate of drug-likeness (QED) is 0.862. The minimum atomic E-state index is -0.0390. The lowest BCUT2D eigenvalue weighted by Gasteiger charge is -2.20. The number of hydrogen-bond acceptors (Lipinski definition) is 3. The van der Waals surface area contributed by atoms with Gasteiger partial charge in [-0.3, -0.25) is 9.59 Å². The summed E-state index contributed by atoms with van der Waals surface area (Å²) >= 11 is 1.56. The molecule has 0 radical (unpaired) electrons. The molecule has 2 aromatic rings. The van der Waals surface area contributed by atoms with E-state index in [9.17, 15) is 9.59 Å². The van der Waals surface area contributed by atoms with E-state index in [1.165, 1.54) is 6.42 Å². The molecule has 1 fully saturated rings. The Kier molecular flexibility index (Phi) is 3.51. The van der Waals surface area contributed by atoms with Crippen LogP contribution < -0.4 is 5.56 Å². The number of carbonyl (C=O) groups is 1. The number of carbonyl (C=O) groups excluding carboxylic acids is 1. The van der Waals surface area contributed by atoms with Gasteiger partial charge in [0.2, 0.25) is 0 Å². The highest BCUT2D eigenvalue weighted by atomic mass is 32.1. The van der Waals surface area contributed by atoms with Crippen LogP contribution in [-0.4, -0.2) is 10.4 Å². The van der Waals surface area contributed by atoms with E-state index in [1.807, 2.05) is 17.5 Å². The predicted molar refractivity (Wildman–Crippen MR) is 77.7 cm³/mol. The van der Waals surface area contributed by atoms with Gasteiger partial charge < -0.3 is 4.57 Å². The first kappa shape index (κ1) is 12.6. The number of Topliss-reactive ketones (excluding diaryl/α,β-unsaturated/α-hetero) is 1. The lowest BCUT2D eigenvalue weighted by Crippen LogP contribution is -2.28. The molecule has 4 heteroatoms. The van der Waals surface area contributed by atoms with Gasteiger partial charge in [-0.2, -0.15) is 0 Å². The second kappa shape index (κ2) is 5.29. The van der Waals surface area contributed by atoms with Crippen molar-refractivity contribution in [2.24, 2.45) is 5.92 Å². The van der Waals surface area contributed by atoms with Gasteiger partial charge in [-0.1, -0.05) is 19.3 Å². The molecule has 0 atom stereocenters. The summed E-state index contributed by atoms with van der Waals surface area (Å²) in [5, 5.41) is 2.64. The van der Waals surface area contributed by atoms with E-state index in [1.54, 1.807) is 22.1 Å². The molecule has 1 aliphatic carbocycles. The maximum atomic E-state index is 12.2. The smallest absolute Gasteiger partial charge is 0.259 e. The third-order valence-corrected chi connectivity index (χ3v) is 4.86. The highest BCUT2D eigenvalue weighted by Gasteiger charge is 2.21. The Morgan fingerprint density at radius 2 is 2.05 bits per heavy atom. The fraction of sp³-hybridized carbons (Fsp3) is 0.467. The Morgan fingerprint density at radius 3 is 2.84 bits per heavy atom. The van der Waals surface area contributed by atoms with Crippen molar-refractivity contribution in [3.8, 4) is 0 Å². The summed E-state index contributed by atoms with van der Waals surface area (Å²) in [4.78, 5) is 24.5. The molecule has 2 aromatic heterocycles. The van der Waals surface area contributed by atoms with Gasteiger partial charge in [-0.15, -0.1) is 11.3 Å². The molecule has 0 bridgehead atoms. The third-order valence-electron chi connectivity index (χ3n) is 3.98.